The standard InChI is InChI=1S/C25H20FN5O4.C7H7ClFN/c1-24(2)25(30(32)33,31(34)35)23(27-14-15-8-4-3-5-9-15)18-13-19(26)22-17(21(18)29-24)12-16-10-6-7-11-20(16)28-22;8-6-2-1-5(4-10)7(9)3-6/h3-13,27H,14H2,1-2H3;1-3H,4,10H2. The summed E-state index contributed by atoms with van der Waals surface area (Å²) in [4.78, 5) is 31.9. The number of halogens is 3. The summed E-state index contributed by atoms with van der Waals surface area (Å²) in [6.07, 6.45) is 0. The zero-order valence-electron chi connectivity index (χ0n) is 24.1. The van der Waals surface area contributed by atoms with Gasteiger partial charge in [0.05, 0.1) is 10.9 Å². The number of nitrogens with one attached hydrogen (secondary N) is 1. The van der Waals surface area contributed by atoms with Crippen molar-refractivity contribution in [3.63, 3.8) is 0 Å². The van der Waals surface area contributed by atoms with Gasteiger partial charge in [0.2, 0.25) is 5.54 Å². The summed E-state index contributed by atoms with van der Waals surface area (Å²) >= 11 is 5.49. The molecule has 2 heterocycles. The molecule has 230 valence electrons. The van der Waals surface area contributed by atoms with Crippen LogP contribution in [0.1, 0.15) is 25.0 Å². The highest BCUT2D eigenvalue weighted by molar-refractivity contribution is 6.30. The molecule has 1 aliphatic rings. The molecule has 6 rings (SSSR count). The quantitative estimate of drug-likeness (QED) is 0.115. The molecule has 1 aromatic heterocycles. The predicted molar refractivity (Wildman–Crippen MR) is 167 cm³/mol. The van der Waals surface area contributed by atoms with E-state index in [9.17, 15) is 24.6 Å². The minimum atomic E-state index is -2.86. The summed E-state index contributed by atoms with van der Waals surface area (Å²) < 4.78 is 28.1. The second-order valence-corrected chi connectivity index (χ2v) is 11.3. The van der Waals surface area contributed by atoms with E-state index in [1.54, 1.807) is 54.6 Å². The highest BCUT2D eigenvalue weighted by Gasteiger charge is 2.73. The fraction of sp³-hybridized carbons (Fsp3) is 0.188. The van der Waals surface area contributed by atoms with Crippen molar-refractivity contribution in [2.75, 3.05) is 0 Å². The van der Waals surface area contributed by atoms with Crippen LogP contribution in [0.2, 0.25) is 5.02 Å². The lowest BCUT2D eigenvalue weighted by molar-refractivity contribution is -0.787. The molecule has 13 heteroatoms. The third kappa shape index (κ3) is 5.54. The van der Waals surface area contributed by atoms with Gasteiger partial charge in [-0.2, -0.15) is 0 Å². The van der Waals surface area contributed by atoms with Gasteiger partial charge in [0, 0.05) is 39.7 Å². The first-order valence-corrected chi connectivity index (χ1v) is 14.1. The fourth-order valence-corrected chi connectivity index (χ4v) is 5.60. The summed E-state index contributed by atoms with van der Waals surface area (Å²) in [6.45, 7) is 2.96. The number of hydrogen-bond acceptors (Lipinski definition) is 8. The van der Waals surface area contributed by atoms with E-state index in [1.165, 1.54) is 19.9 Å². The molecule has 5 aromatic rings. The molecule has 4 aromatic carbocycles. The van der Waals surface area contributed by atoms with Crippen LogP contribution in [0.4, 0.5) is 8.78 Å². The van der Waals surface area contributed by atoms with Crippen LogP contribution < -0.4 is 21.6 Å². The predicted octanol–water partition coefficient (Wildman–Crippen LogP) is 5.02. The Kier molecular flexibility index (Phi) is 8.46. The maximum absolute atomic E-state index is 15.4. The largest absolute Gasteiger partial charge is 0.522 e. The zero-order chi connectivity index (χ0) is 32.5. The molecule has 0 atom stereocenters. The van der Waals surface area contributed by atoms with Crippen LogP contribution in [0.15, 0.2) is 89.9 Å². The molecular formula is C32H27ClF2N6O4. The fourth-order valence-electron chi connectivity index (χ4n) is 5.44. The third-order valence-corrected chi connectivity index (χ3v) is 7.90. The molecule has 0 spiro atoms. The lowest BCUT2D eigenvalue weighted by atomic mass is 9.82. The molecule has 10 nitrogen and oxygen atoms in total. The molecule has 0 radical (unpaired) electrons. The van der Waals surface area contributed by atoms with E-state index < -0.39 is 26.9 Å². The average molecular weight is 633 g/mol. The Morgan fingerprint density at radius 3 is 2.22 bits per heavy atom. The smallest absolute Gasteiger partial charge is 0.372 e. The van der Waals surface area contributed by atoms with Gasteiger partial charge >= 0.3 is 5.66 Å². The second-order valence-electron chi connectivity index (χ2n) is 10.8. The summed E-state index contributed by atoms with van der Waals surface area (Å²) in [5, 5.41) is 29.4. The van der Waals surface area contributed by atoms with Crippen LogP contribution in [0.25, 0.3) is 27.5 Å². The average Bonchev–Trinajstić information content (AvgIpc) is 3.00. The number of nitro groups is 2. The molecule has 0 aliphatic carbocycles. The van der Waals surface area contributed by atoms with Crippen molar-refractivity contribution in [3.8, 4) is 0 Å². The molecule has 3 N–H and O–H groups in total. The molecule has 45 heavy (non-hydrogen) atoms. The van der Waals surface area contributed by atoms with Gasteiger partial charge in [-0.3, -0.25) is 25.2 Å². The van der Waals surface area contributed by atoms with Crippen molar-refractivity contribution in [1.82, 2.24) is 10.3 Å². The van der Waals surface area contributed by atoms with Gasteiger partial charge in [-0.1, -0.05) is 66.2 Å². The lowest BCUT2D eigenvalue weighted by Gasteiger charge is -2.33. The summed E-state index contributed by atoms with van der Waals surface area (Å²) in [6, 6.07) is 23.3. The number of fused-ring (bicyclic) bond motifs is 4. The van der Waals surface area contributed by atoms with E-state index in [1.807, 2.05) is 18.2 Å². The van der Waals surface area contributed by atoms with Crippen molar-refractivity contribution in [1.29, 1.82) is 0 Å². The number of nitrogens with two attached hydrogens (primary N) is 1. The monoisotopic (exact) mass is 632 g/mol. The van der Waals surface area contributed by atoms with Crippen molar-refractivity contribution >= 4 is 39.1 Å². The first kappa shape index (κ1) is 31.4. The number of nitrogens with zero attached hydrogens (tertiary/aromatic N) is 4. The molecule has 0 unspecified atom stereocenters. The van der Waals surface area contributed by atoms with Gasteiger partial charge in [0.15, 0.2) is 5.70 Å². The molecule has 0 fully saturated rings. The number of aromatic nitrogens is 1. The van der Waals surface area contributed by atoms with Gasteiger partial charge in [0.1, 0.15) is 27.0 Å². The molecule has 0 saturated heterocycles. The van der Waals surface area contributed by atoms with E-state index in [4.69, 9.17) is 17.3 Å². The van der Waals surface area contributed by atoms with E-state index >= 15 is 4.39 Å². The number of benzene rings is 4. The van der Waals surface area contributed by atoms with Gasteiger partial charge in [-0.25, -0.2) is 13.8 Å². The topological polar surface area (TPSA) is 150 Å². The van der Waals surface area contributed by atoms with Crippen LogP contribution in [-0.2, 0) is 13.1 Å². The normalized spacial score (nSPS) is 14.6. The Hall–Kier alpha value is -5.07. The van der Waals surface area contributed by atoms with Crippen molar-refractivity contribution < 1.29 is 18.6 Å². The summed E-state index contributed by atoms with van der Waals surface area (Å²) in [7, 11) is 0. The Morgan fingerprint density at radius 1 is 0.911 bits per heavy atom. The molecule has 0 saturated carbocycles. The van der Waals surface area contributed by atoms with E-state index in [-0.39, 0.29) is 40.7 Å². The van der Waals surface area contributed by atoms with E-state index in [2.05, 4.69) is 15.3 Å². The number of para-hydroxylation sites is 1. The Bertz CT molecular complexity index is 2080. The molecule has 0 bridgehead atoms. The second kappa shape index (κ2) is 12.1. The van der Waals surface area contributed by atoms with Crippen LogP contribution >= 0.6 is 11.6 Å². The van der Waals surface area contributed by atoms with Gasteiger partial charge in [-0.15, -0.1) is 0 Å². The maximum atomic E-state index is 15.4. The van der Waals surface area contributed by atoms with Crippen LogP contribution in [0, 0.1) is 31.9 Å². The van der Waals surface area contributed by atoms with E-state index in [0.29, 0.717) is 21.5 Å². The minimum absolute atomic E-state index is 0.0317. The van der Waals surface area contributed by atoms with Crippen LogP contribution in [0.3, 0.4) is 0 Å². The van der Waals surface area contributed by atoms with Crippen LogP contribution in [0.5, 0.6) is 0 Å². The highest BCUT2D eigenvalue weighted by atomic mass is 35.5. The summed E-state index contributed by atoms with van der Waals surface area (Å²) in [5.74, 6) is -1.09. The lowest BCUT2D eigenvalue weighted by Crippen LogP contribution is -2.68. The summed E-state index contributed by atoms with van der Waals surface area (Å²) in [5.41, 5.74) is 2.07. The number of pyridine rings is 1. The third-order valence-electron chi connectivity index (χ3n) is 7.67. The first-order valence-electron chi connectivity index (χ1n) is 13.7. The van der Waals surface area contributed by atoms with E-state index in [0.717, 1.165) is 17.0 Å². The Morgan fingerprint density at radius 2 is 1.58 bits per heavy atom. The van der Waals surface area contributed by atoms with Gasteiger partial charge in [0.25, 0.3) is 0 Å². The molecule has 1 aliphatic heterocycles. The SMILES string of the molecule is CC1(C)N=c2c(cc(F)c3nc4ccccc4cc23)=C(NCc2ccccc2)C1([N+](=O)[O-])[N+](=O)[O-].NCc1ccc(Cl)cc1F. The molecule has 0 amide bonds. The van der Waals surface area contributed by atoms with Crippen LogP contribution in [-0.4, -0.2) is 26.0 Å². The zero-order valence-corrected chi connectivity index (χ0v) is 24.9. The van der Waals surface area contributed by atoms with Gasteiger partial charge < -0.3 is 11.1 Å². The number of rotatable bonds is 6. The highest BCUT2D eigenvalue weighted by Crippen LogP contribution is 2.37. The first-order chi connectivity index (χ1) is 21.4. The van der Waals surface area contributed by atoms with Gasteiger partial charge in [-0.05, 0) is 49.7 Å². The van der Waals surface area contributed by atoms with Crippen molar-refractivity contribution in [2.45, 2.75) is 38.1 Å². The molecular weight excluding hydrogens is 606 g/mol. The minimum Gasteiger partial charge on any atom is -0.372 e. The Balaban J connectivity index is 0.000000342. The Labute approximate surface area is 260 Å². The maximum Gasteiger partial charge on any atom is 0.522 e. The number of hydrogen-bond donors (Lipinski definition) is 2. The van der Waals surface area contributed by atoms with Crippen molar-refractivity contribution in [3.05, 3.63) is 144 Å². The van der Waals surface area contributed by atoms with Crippen molar-refractivity contribution in [2.24, 2.45) is 10.7 Å².